The largest absolute Gasteiger partial charge is 0.383 e. The van der Waals surface area contributed by atoms with Gasteiger partial charge in [-0.1, -0.05) is 25.0 Å². The van der Waals surface area contributed by atoms with Crippen molar-refractivity contribution in [2.45, 2.75) is 38.5 Å². The van der Waals surface area contributed by atoms with Crippen LogP contribution in [0.15, 0.2) is 28.7 Å². The standard InChI is InChI=1S/C17H25BrN2/c18-15-5-1-2-6-16(15)19-11-14-20-12-9-17(10-13-20)7-3-4-8-17/h1-2,5-6,19H,3-4,7-14H2. The number of likely N-dealkylation sites (tertiary alicyclic amines) is 1. The molecule has 1 heterocycles. The van der Waals surface area contributed by atoms with Crippen LogP contribution in [0.4, 0.5) is 5.69 Å². The van der Waals surface area contributed by atoms with Crippen LogP contribution >= 0.6 is 15.9 Å². The number of benzene rings is 1. The zero-order valence-corrected chi connectivity index (χ0v) is 13.8. The summed E-state index contributed by atoms with van der Waals surface area (Å²) in [6.07, 6.45) is 8.81. The highest BCUT2D eigenvalue weighted by Gasteiger charge is 2.36. The summed E-state index contributed by atoms with van der Waals surface area (Å²) >= 11 is 3.59. The lowest BCUT2D eigenvalue weighted by Crippen LogP contribution is -2.40. The van der Waals surface area contributed by atoms with E-state index in [1.54, 1.807) is 0 Å². The predicted octanol–water partition coefficient (Wildman–Crippen LogP) is 4.52. The lowest BCUT2D eigenvalue weighted by Gasteiger charge is -2.39. The highest BCUT2D eigenvalue weighted by molar-refractivity contribution is 9.10. The molecule has 1 spiro atoms. The number of nitrogens with zero attached hydrogens (tertiary/aromatic N) is 1. The van der Waals surface area contributed by atoms with E-state index in [0.717, 1.165) is 23.0 Å². The fourth-order valence-corrected chi connectivity index (χ4v) is 4.25. The second kappa shape index (κ2) is 6.48. The summed E-state index contributed by atoms with van der Waals surface area (Å²) in [4.78, 5) is 2.63. The first-order valence-corrected chi connectivity index (χ1v) is 8.78. The maximum absolute atomic E-state index is 3.59. The van der Waals surface area contributed by atoms with Crippen molar-refractivity contribution in [3.8, 4) is 0 Å². The monoisotopic (exact) mass is 336 g/mol. The van der Waals surface area contributed by atoms with E-state index in [4.69, 9.17) is 0 Å². The number of piperidine rings is 1. The van der Waals surface area contributed by atoms with Crippen LogP contribution in [0.25, 0.3) is 0 Å². The van der Waals surface area contributed by atoms with Gasteiger partial charge in [-0.3, -0.25) is 0 Å². The van der Waals surface area contributed by atoms with E-state index in [-0.39, 0.29) is 0 Å². The summed E-state index contributed by atoms with van der Waals surface area (Å²) in [5, 5.41) is 3.53. The van der Waals surface area contributed by atoms with Crippen LogP contribution in [-0.2, 0) is 0 Å². The van der Waals surface area contributed by atoms with Gasteiger partial charge in [0, 0.05) is 23.2 Å². The summed E-state index contributed by atoms with van der Waals surface area (Å²) in [5.41, 5.74) is 1.95. The van der Waals surface area contributed by atoms with Crippen LogP contribution < -0.4 is 5.32 Å². The number of nitrogens with one attached hydrogen (secondary N) is 1. The molecule has 1 aliphatic carbocycles. The van der Waals surface area contributed by atoms with Gasteiger partial charge in [0.05, 0.1) is 0 Å². The Bertz CT molecular complexity index is 430. The van der Waals surface area contributed by atoms with Gasteiger partial charge in [-0.2, -0.15) is 0 Å². The lowest BCUT2D eigenvalue weighted by atomic mass is 9.77. The van der Waals surface area contributed by atoms with Gasteiger partial charge in [0.15, 0.2) is 0 Å². The van der Waals surface area contributed by atoms with Gasteiger partial charge in [-0.25, -0.2) is 0 Å². The first kappa shape index (κ1) is 14.4. The van der Waals surface area contributed by atoms with Crippen molar-refractivity contribution in [2.75, 3.05) is 31.5 Å². The van der Waals surface area contributed by atoms with Gasteiger partial charge in [0.1, 0.15) is 0 Å². The third kappa shape index (κ3) is 3.37. The molecule has 2 fully saturated rings. The SMILES string of the molecule is Brc1ccccc1NCCN1CCC2(CCCC2)CC1. The van der Waals surface area contributed by atoms with Crippen LogP contribution in [0.2, 0.25) is 0 Å². The van der Waals surface area contributed by atoms with Gasteiger partial charge in [0.25, 0.3) is 0 Å². The zero-order valence-electron chi connectivity index (χ0n) is 12.2. The molecule has 1 N–H and O–H groups in total. The highest BCUT2D eigenvalue weighted by Crippen LogP contribution is 2.45. The molecule has 20 heavy (non-hydrogen) atoms. The van der Waals surface area contributed by atoms with Crippen molar-refractivity contribution < 1.29 is 0 Å². The van der Waals surface area contributed by atoms with Gasteiger partial charge >= 0.3 is 0 Å². The van der Waals surface area contributed by atoms with Gasteiger partial charge in [-0.05, 0) is 72.3 Å². The summed E-state index contributed by atoms with van der Waals surface area (Å²) < 4.78 is 1.16. The molecule has 1 saturated heterocycles. The van der Waals surface area contributed by atoms with E-state index in [2.05, 4.69) is 50.4 Å². The molecule has 0 unspecified atom stereocenters. The molecule has 0 atom stereocenters. The Morgan fingerprint density at radius 2 is 1.75 bits per heavy atom. The average Bonchev–Trinajstić information content (AvgIpc) is 2.92. The number of para-hydroxylation sites is 1. The van der Waals surface area contributed by atoms with Crippen molar-refractivity contribution in [1.29, 1.82) is 0 Å². The molecular formula is C17H25BrN2. The molecule has 1 saturated carbocycles. The summed E-state index contributed by atoms with van der Waals surface area (Å²) in [5.74, 6) is 0. The molecule has 0 radical (unpaired) electrons. The lowest BCUT2D eigenvalue weighted by molar-refractivity contribution is 0.112. The first-order chi connectivity index (χ1) is 9.77. The first-order valence-electron chi connectivity index (χ1n) is 7.98. The Balaban J connectivity index is 1.41. The quantitative estimate of drug-likeness (QED) is 0.869. The predicted molar refractivity (Wildman–Crippen MR) is 89.2 cm³/mol. The number of hydrogen-bond acceptors (Lipinski definition) is 2. The van der Waals surface area contributed by atoms with Crippen LogP contribution in [0.3, 0.4) is 0 Å². The van der Waals surface area contributed by atoms with Crippen molar-refractivity contribution in [2.24, 2.45) is 5.41 Å². The molecule has 1 aromatic rings. The zero-order chi connectivity index (χ0) is 13.8. The summed E-state index contributed by atoms with van der Waals surface area (Å²) in [6, 6.07) is 8.36. The maximum Gasteiger partial charge on any atom is 0.0485 e. The second-order valence-electron chi connectivity index (χ2n) is 6.46. The van der Waals surface area contributed by atoms with E-state index >= 15 is 0 Å². The summed E-state index contributed by atoms with van der Waals surface area (Å²) in [6.45, 7) is 4.81. The minimum Gasteiger partial charge on any atom is -0.383 e. The Hall–Kier alpha value is -0.540. The minimum absolute atomic E-state index is 0.742. The van der Waals surface area contributed by atoms with E-state index in [1.165, 1.54) is 57.3 Å². The van der Waals surface area contributed by atoms with Crippen molar-refractivity contribution in [1.82, 2.24) is 4.90 Å². The van der Waals surface area contributed by atoms with E-state index in [9.17, 15) is 0 Å². The number of halogens is 1. The minimum atomic E-state index is 0.742. The number of anilines is 1. The molecule has 3 rings (SSSR count). The molecule has 110 valence electrons. The van der Waals surface area contributed by atoms with Crippen LogP contribution in [0.5, 0.6) is 0 Å². The fourth-order valence-electron chi connectivity index (χ4n) is 3.83. The van der Waals surface area contributed by atoms with E-state index in [0.29, 0.717) is 0 Å². The Morgan fingerprint density at radius 1 is 1.05 bits per heavy atom. The Morgan fingerprint density at radius 3 is 2.45 bits per heavy atom. The summed E-state index contributed by atoms with van der Waals surface area (Å²) in [7, 11) is 0. The van der Waals surface area contributed by atoms with Crippen molar-refractivity contribution >= 4 is 21.6 Å². The van der Waals surface area contributed by atoms with E-state index in [1.807, 2.05) is 0 Å². The number of hydrogen-bond donors (Lipinski definition) is 1. The molecular weight excluding hydrogens is 312 g/mol. The molecule has 1 aliphatic heterocycles. The van der Waals surface area contributed by atoms with Crippen molar-refractivity contribution in [3.63, 3.8) is 0 Å². The molecule has 2 aliphatic rings. The van der Waals surface area contributed by atoms with Gasteiger partial charge in [0.2, 0.25) is 0 Å². The topological polar surface area (TPSA) is 15.3 Å². The van der Waals surface area contributed by atoms with Crippen molar-refractivity contribution in [3.05, 3.63) is 28.7 Å². The van der Waals surface area contributed by atoms with E-state index < -0.39 is 0 Å². The van der Waals surface area contributed by atoms with Crippen LogP contribution in [0.1, 0.15) is 38.5 Å². The normalized spacial score (nSPS) is 22.2. The Kier molecular flexibility index (Phi) is 4.67. The van der Waals surface area contributed by atoms with Crippen LogP contribution in [-0.4, -0.2) is 31.1 Å². The fraction of sp³-hybridized carbons (Fsp3) is 0.647. The van der Waals surface area contributed by atoms with Gasteiger partial charge in [-0.15, -0.1) is 0 Å². The molecule has 0 amide bonds. The number of rotatable bonds is 4. The molecule has 2 nitrogen and oxygen atoms in total. The third-order valence-electron chi connectivity index (χ3n) is 5.20. The second-order valence-corrected chi connectivity index (χ2v) is 7.31. The molecule has 3 heteroatoms. The average molecular weight is 337 g/mol. The molecule has 0 aromatic heterocycles. The third-order valence-corrected chi connectivity index (χ3v) is 5.89. The van der Waals surface area contributed by atoms with Gasteiger partial charge < -0.3 is 10.2 Å². The highest BCUT2D eigenvalue weighted by atomic mass is 79.9. The van der Waals surface area contributed by atoms with Crippen LogP contribution in [0, 0.1) is 5.41 Å². The maximum atomic E-state index is 3.59. The molecule has 0 bridgehead atoms. The molecule has 1 aromatic carbocycles. The Labute approximate surface area is 131 Å². The smallest absolute Gasteiger partial charge is 0.0485 e.